The van der Waals surface area contributed by atoms with E-state index in [0.717, 1.165) is 4.47 Å². The number of carbonyl (C=O) groups excluding carboxylic acids is 1. The van der Waals surface area contributed by atoms with Gasteiger partial charge in [0.15, 0.2) is 17.7 Å². The molecule has 0 aliphatic carbocycles. The van der Waals surface area contributed by atoms with Crippen LogP contribution in [0.3, 0.4) is 0 Å². The van der Waals surface area contributed by atoms with Crippen LogP contribution in [0, 0.1) is 0 Å². The maximum Gasteiger partial charge on any atom is 0.276 e. The van der Waals surface area contributed by atoms with Gasteiger partial charge < -0.3 is 4.98 Å². The maximum absolute atomic E-state index is 12.1. The van der Waals surface area contributed by atoms with Crippen LogP contribution in [0.4, 0.5) is 5.69 Å². The molecule has 0 bridgehead atoms. The van der Waals surface area contributed by atoms with Gasteiger partial charge in [-0.15, -0.1) is 0 Å². The number of hydrazone groups is 1. The van der Waals surface area contributed by atoms with E-state index < -0.39 is 5.56 Å². The summed E-state index contributed by atoms with van der Waals surface area (Å²) in [6, 6.07) is 12.1. The summed E-state index contributed by atoms with van der Waals surface area (Å²) in [4.78, 5) is 30.3. The number of fused-ring (bicyclic) bond motifs is 1. The number of nitrogens with zero attached hydrogens (tertiary/aromatic N) is 2. The Morgan fingerprint density at radius 3 is 2.71 bits per heavy atom. The minimum absolute atomic E-state index is 0.0793. The summed E-state index contributed by atoms with van der Waals surface area (Å²) < 4.78 is 0.914. The lowest BCUT2D eigenvalue weighted by atomic mass is 10.2. The van der Waals surface area contributed by atoms with Crippen molar-refractivity contribution in [3.8, 4) is 0 Å². The van der Waals surface area contributed by atoms with E-state index in [1.54, 1.807) is 30.3 Å². The van der Waals surface area contributed by atoms with Crippen LogP contribution >= 0.6 is 27.5 Å². The lowest BCUT2D eigenvalue weighted by Crippen LogP contribution is -2.22. The Morgan fingerprint density at radius 2 is 2.00 bits per heavy atom. The standard InChI is InChI=1S/C16H10BrClN4O2/c17-9-1-4-11(5-2-9)21-22-14(8-23)15-16(24)20-12-6-3-10(18)7-13(12)19-15/h1-8,21H,(H,20,24). The van der Waals surface area contributed by atoms with E-state index in [1.165, 1.54) is 0 Å². The van der Waals surface area contributed by atoms with Crippen LogP contribution in [0.2, 0.25) is 5.02 Å². The van der Waals surface area contributed by atoms with Crippen LogP contribution in [0.1, 0.15) is 5.69 Å². The average molecular weight is 406 g/mol. The number of anilines is 1. The Morgan fingerprint density at radius 1 is 1.25 bits per heavy atom. The quantitative estimate of drug-likeness (QED) is 0.396. The number of benzene rings is 2. The minimum Gasteiger partial charge on any atom is -0.319 e. The molecule has 24 heavy (non-hydrogen) atoms. The first-order valence-electron chi connectivity index (χ1n) is 6.81. The Balaban J connectivity index is 2.00. The Labute approximate surface area is 149 Å². The Kier molecular flexibility index (Phi) is 4.73. The zero-order valence-electron chi connectivity index (χ0n) is 12.1. The molecule has 1 heterocycles. The molecule has 0 radical (unpaired) electrons. The van der Waals surface area contributed by atoms with Crippen molar-refractivity contribution < 1.29 is 4.79 Å². The zero-order chi connectivity index (χ0) is 17.1. The zero-order valence-corrected chi connectivity index (χ0v) is 14.4. The predicted molar refractivity (Wildman–Crippen MR) is 97.7 cm³/mol. The van der Waals surface area contributed by atoms with E-state index in [2.05, 4.69) is 36.4 Å². The van der Waals surface area contributed by atoms with Crippen molar-refractivity contribution in [3.63, 3.8) is 0 Å². The van der Waals surface area contributed by atoms with E-state index in [0.29, 0.717) is 28.0 Å². The summed E-state index contributed by atoms with van der Waals surface area (Å²) in [5, 5.41) is 4.45. The highest BCUT2D eigenvalue weighted by atomic mass is 79.9. The molecule has 0 saturated heterocycles. The van der Waals surface area contributed by atoms with Gasteiger partial charge in [0.1, 0.15) is 0 Å². The fourth-order valence-corrected chi connectivity index (χ4v) is 2.44. The number of carbonyl (C=O) groups is 1. The normalized spacial score (nSPS) is 11.5. The molecule has 3 aromatic rings. The van der Waals surface area contributed by atoms with Crippen LogP contribution in [0.15, 0.2) is 56.8 Å². The summed E-state index contributed by atoms with van der Waals surface area (Å²) in [7, 11) is 0. The molecule has 0 aliphatic heterocycles. The number of hydrogen-bond acceptors (Lipinski definition) is 5. The number of aromatic nitrogens is 2. The molecule has 1 aromatic heterocycles. The third-order valence-electron chi connectivity index (χ3n) is 3.16. The fraction of sp³-hybridized carbons (Fsp3) is 0. The van der Waals surface area contributed by atoms with Crippen LogP contribution in [0.5, 0.6) is 0 Å². The molecule has 0 amide bonds. The van der Waals surface area contributed by atoms with Crippen molar-refractivity contribution in [1.29, 1.82) is 0 Å². The van der Waals surface area contributed by atoms with Gasteiger partial charge in [0.05, 0.1) is 16.7 Å². The molecular weight excluding hydrogens is 396 g/mol. The third kappa shape index (κ3) is 3.52. The third-order valence-corrected chi connectivity index (χ3v) is 3.92. The summed E-state index contributed by atoms with van der Waals surface area (Å²) in [6.07, 6.45) is 0.472. The molecule has 2 aromatic carbocycles. The SMILES string of the molecule is O=CC(=NNc1ccc(Br)cc1)c1nc2cc(Cl)ccc2[nH]c1=O. The smallest absolute Gasteiger partial charge is 0.276 e. The molecule has 0 fully saturated rings. The van der Waals surface area contributed by atoms with Crippen molar-refractivity contribution >= 4 is 56.2 Å². The molecular formula is C16H10BrClN4O2. The Hall–Kier alpha value is -2.51. The summed E-state index contributed by atoms with van der Waals surface area (Å²) in [5.41, 5.74) is 3.69. The predicted octanol–water partition coefficient (Wildman–Crippen LogP) is 3.35. The van der Waals surface area contributed by atoms with Gasteiger partial charge in [0, 0.05) is 9.50 Å². The molecule has 6 nitrogen and oxygen atoms in total. The summed E-state index contributed by atoms with van der Waals surface area (Å²) >= 11 is 9.26. The number of aromatic amines is 1. The lowest BCUT2D eigenvalue weighted by Gasteiger charge is -2.04. The van der Waals surface area contributed by atoms with Crippen LogP contribution in [0.25, 0.3) is 11.0 Å². The van der Waals surface area contributed by atoms with E-state index in [4.69, 9.17) is 11.6 Å². The highest BCUT2D eigenvalue weighted by molar-refractivity contribution is 9.10. The number of rotatable bonds is 4. The molecule has 120 valence electrons. The second-order valence-electron chi connectivity index (χ2n) is 4.81. The van der Waals surface area contributed by atoms with Crippen LogP contribution in [-0.2, 0) is 4.79 Å². The lowest BCUT2D eigenvalue weighted by molar-refractivity contribution is -0.102. The van der Waals surface area contributed by atoms with Gasteiger partial charge in [-0.3, -0.25) is 15.0 Å². The molecule has 0 atom stereocenters. The first-order chi connectivity index (χ1) is 11.6. The maximum atomic E-state index is 12.1. The van der Waals surface area contributed by atoms with Gasteiger partial charge in [-0.25, -0.2) is 4.98 Å². The minimum atomic E-state index is -0.506. The molecule has 3 rings (SSSR count). The van der Waals surface area contributed by atoms with Crippen molar-refractivity contribution in [2.75, 3.05) is 5.43 Å². The highest BCUT2D eigenvalue weighted by Crippen LogP contribution is 2.16. The molecule has 0 spiro atoms. The second kappa shape index (κ2) is 6.94. The average Bonchev–Trinajstić information content (AvgIpc) is 2.57. The highest BCUT2D eigenvalue weighted by Gasteiger charge is 2.12. The topological polar surface area (TPSA) is 87.2 Å². The number of aldehydes is 1. The van der Waals surface area contributed by atoms with E-state index in [-0.39, 0.29) is 11.4 Å². The van der Waals surface area contributed by atoms with Crippen LogP contribution < -0.4 is 11.0 Å². The van der Waals surface area contributed by atoms with Crippen LogP contribution in [-0.4, -0.2) is 22.0 Å². The van der Waals surface area contributed by atoms with Gasteiger partial charge in [-0.1, -0.05) is 27.5 Å². The van der Waals surface area contributed by atoms with Gasteiger partial charge in [0.2, 0.25) is 0 Å². The number of H-pyrrole nitrogens is 1. The first-order valence-corrected chi connectivity index (χ1v) is 7.98. The van der Waals surface area contributed by atoms with E-state index in [9.17, 15) is 9.59 Å². The van der Waals surface area contributed by atoms with Crippen molar-refractivity contribution in [1.82, 2.24) is 9.97 Å². The fourth-order valence-electron chi connectivity index (χ4n) is 2.01. The molecule has 0 aliphatic rings. The van der Waals surface area contributed by atoms with Gasteiger partial charge >= 0.3 is 0 Å². The molecule has 0 unspecified atom stereocenters. The van der Waals surface area contributed by atoms with Gasteiger partial charge in [-0.05, 0) is 42.5 Å². The van der Waals surface area contributed by atoms with Gasteiger partial charge in [-0.2, -0.15) is 5.10 Å². The number of halogens is 2. The number of nitrogens with one attached hydrogen (secondary N) is 2. The van der Waals surface area contributed by atoms with E-state index >= 15 is 0 Å². The van der Waals surface area contributed by atoms with Crippen molar-refractivity contribution in [3.05, 3.63) is 68.0 Å². The Bertz CT molecular complexity index is 999. The largest absolute Gasteiger partial charge is 0.319 e. The first kappa shape index (κ1) is 16.4. The monoisotopic (exact) mass is 404 g/mol. The van der Waals surface area contributed by atoms with E-state index in [1.807, 2.05) is 12.1 Å². The summed E-state index contributed by atoms with van der Waals surface area (Å²) in [6.45, 7) is 0. The molecule has 8 heteroatoms. The molecule has 0 saturated carbocycles. The number of hydrogen-bond donors (Lipinski definition) is 2. The van der Waals surface area contributed by atoms with Crippen molar-refractivity contribution in [2.45, 2.75) is 0 Å². The van der Waals surface area contributed by atoms with Gasteiger partial charge in [0.25, 0.3) is 5.56 Å². The molecule has 2 N–H and O–H groups in total. The van der Waals surface area contributed by atoms with Crippen molar-refractivity contribution in [2.24, 2.45) is 5.10 Å². The summed E-state index contributed by atoms with van der Waals surface area (Å²) in [5.74, 6) is 0. The second-order valence-corrected chi connectivity index (χ2v) is 6.16.